The zero-order valence-electron chi connectivity index (χ0n) is 22.7. The Bertz CT molecular complexity index is 1300. The molecule has 0 amide bonds. The van der Waals surface area contributed by atoms with Crippen LogP contribution in [0.25, 0.3) is 0 Å². The Balaban J connectivity index is 2.41. The standard InChI is InChI=1S/C32H37O3P/c1-19(2)25-17-27(20(3)4)30(28(18-25)21(5)6)32(34)36(35,26-13-11-10-12-14-26)31(33)29-23(8)15-22(7)16-24(29)9/h3,10-21H,1-2,4-9H3. The van der Waals surface area contributed by atoms with Crippen LogP contribution in [0, 0.1) is 27.7 Å². The molecule has 0 N–H and O–H groups in total. The molecule has 0 heterocycles. The van der Waals surface area contributed by atoms with Gasteiger partial charge < -0.3 is 4.57 Å². The van der Waals surface area contributed by atoms with Crippen molar-refractivity contribution in [2.75, 3.05) is 0 Å². The molecule has 0 spiro atoms. The Morgan fingerprint density at radius 2 is 1.22 bits per heavy atom. The first-order chi connectivity index (χ1) is 16.8. The molecule has 3 aromatic carbocycles. The normalized spacial score (nSPS) is 13.3. The fraction of sp³-hybridized carbons (Fsp3) is 0.344. The number of carbonyl (C=O) groups is 2. The Morgan fingerprint density at radius 1 is 0.722 bits per heavy atom. The van der Waals surface area contributed by atoms with Crippen molar-refractivity contribution in [1.29, 1.82) is 0 Å². The summed E-state index contributed by atoms with van der Waals surface area (Å²) < 4.78 is 15.0. The average molecular weight is 501 g/mol. The van der Waals surface area contributed by atoms with E-state index >= 15 is 4.57 Å². The van der Waals surface area contributed by atoms with Gasteiger partial charge in [0.05, 0.1) is 0 Å². The van der Waals surface area contributed by atoms with Crippen molar-refractivity contribution in [3.63, 3.8) is 0 Å². The van der Waals surface area contributed by atoms with Crippen LogP contribution in [0.4, 0.5) is 0 Å². The van der Waals surface area contributed by atoms with Crippen molar-refractivity contribution in [2.45, 2.75) is 73.1 Å². The van der Waals surface area contributed by atoms with Crippen LogP contribution in [0.2, 0.25) is 0 Å². The van der Waals surface area contributed by atoms with E-state index in [4.69, 9.17) is 6.92 Å². The van der Waals surface area contributed by atoms with Gasteiger partial charge in [-0.2, -0.15) is 0 Å². The molecule has 2 radical (unpaired) electrons. The van der Waals surface area contributed by atoms with Crippen LogP contribution in [0.15, 0.2) is 54.6 Å². The molecule has 0 aromatic heterocycles. The van der Waals surface area contributed by atoms with Crippen LogP contribution in [-0.4, -0.2) is 11.0 Å². The Hall–Kier alpha value is -2.77. The maximum Gasteiger partial charge on any atom is 0.248 e. The number of hydrogen-bond acceptors (Lipinski definition) is 3. The van der Waals surface area contributed by atoms with Gasteiger partial charge in [-0.3, -0.25) is 9.59 Å². The maximum absolute atomic E-state index is 15.0. The molecule has 0 bridgehead atoms. The summed E-state index contributed by atoms with van der Waals surface area (Å²) in [6.45, 7) is 22.0. The van der Waals surface area contributed by atoms with Gasteiger partial charge in [-0.25, -0.2) is 0 Å². The van der Waals surface area contributed by atoms with E-state index in [2.05, 4.69) is 13.8 Å². The fourth-order valence-electron chi connectivity index (χ4n) is 4.90. The molecular weight excluding hydrogens is 463 g/mol. The molecule has 0 saturated heterocycles. The van der Waals surface area contributed by atoms with Crippen molar-refractivity contribution in [3.05, 3.63) is 106 Å². The van der Waals surface area contributed by atoms with Crippen LogP contribution < -0.4 is 5.30 Å². The predicted molar refractivity (Wildman–Crippen MR) is 150 cm³/mol. The number of aryl methyl sites for hydroxylation is 3. The van der Waals surface area contributed by atoms with E-state index < -0.39 is 24.1 Å². The van der Waals surface area contributed by atoms with E-state index in [0.717, 1.165) is 16.7 Å². The summed E-state index contributed by atoms with van der Waals surface area (Å²) in [6.07, 6.45) is 0. The van der Waals surface area contributed by atoms with Gasteiger partial charge in [-0.05, 0) is 73.3 Å². The first-order valence-electron chi connectivity index (χ1n) is 12.6. The highest BCUT2D eigenvalue weighted by atomic mass is 31.2. The van der Waals surface area contributed by atoms with Crippen molar-refractivity contribution >= 4 is 23.5 Å². The number of benzene rings is 3. The van der Waals surface area contributed by atoms with E-state index in [1.807, 2.05) is 65.8 Å². The second-order valence-electron chi connectivity index (χ2n) is 10.5. The third-order valence-electron chi connectivity index (χ3n) is 6.80. The van der Waals surface area contributed by atoms with E-state index in [0.29, 0.717) is 27.8 Å². The largest absolute Gasteiger partial charge is 0.302 e. The Labute approximate surface area is 216 Å². The quantitative estimate of drug-likeness (QED) is 0.292. The van der Waals surface area contributed by atoms with Crippen molar-refractivity contribution in [2.24, 2.45) is 0 Å². The average Bonchev–Trinajstić information content (AvgIpc) is 2.81. The molecule has 2 atom stereocenters. The Morgan fingerprint density at radius 3 is 1.69 bits per heavy atom. The van der Waals surface area contributed by atoms with E-state index in [1.54, 1.807) is 30.3 Å². The van der Waals surface area contributed by atoms with Crippen LogP contribution >= 0.6 is 7.14 Å². The van der Waals surface area contributed by atoms with E-state index in [1.165, 1.54) is 0 Å². The number of carbonyl (C=O) groups excluding carboxylic acids is 2. The highest BCUT2D eigenvalue weighted by Crippen LogP contribution is 2.53. The summed E-state index contributed by atoms with van der Waals surface area (Å²) in [5, 5.41) is 0.248. The van der Waals surface area contributed by atoms with Crippen LogP contribution in [0.3, 0.4) is 0 Å². The van der Waals surface area contributed by atoms with Crippen molar-refractivity contribution < 1.29 is 14.2 Å². The van der Waals surface area contributed by atoms with Gasteiger partial charge in [-0.1, -0.05) is 94.8 Å². The van der Waals surface area contributed by atoms with Gasteiger partial charge in [0.15, 0.2) is 0 Å². The molecule has 0 aliphatic carbocycles. The first-order valence-corrected chi connectivity index (χ1v) is 14.3. The van der Waals surface area contributed by atoms with Gasteiger partial charge in [0, 0.05) is 16.4 Å². The second-order valence-corrected chi connectivity index (χ2v) is 13.0. The zero-order chi connectivity index (χ0) is 26.9. The smallest absolute Gasteiger partial charge is 0.248 e. The minimum absolute atomic E-state index is 0.0256. The summed E-state index contributed by atoms with van der Waals surface area (Å²) in [5.41, 5.74) is 4.34. The molecule has 0 aliphatic rings. The van der Waals surface area contributed by atoms with Gasteiger partial charge >= 0.3 is 0 Å². The monoisotopic (exact) mass is 500 g/mol. The summed E-state index contributed by atoms with van der Waals surface area (Å²) in [4.78, 5) is 28.8. The molecule has 36 heavy (non-hydrogen) atoms. The maximum atomic E-state index is 15.0. The lowest BCUT2D eigenvalue weighted by atomic mass is 9.85. The molecule has 0 aliphatic heterocycles. The van der Waals surface area contributed by atoms with E-state index in [-0.39, 0.29) is 17.1 Å². The van der Waals surface area contributed by atoms with E-state index in [9.17, 15) is 9.59 Å². The molecule has 3 aromatic rings. The molecule has 4 heteroatoms. The van der Waals surface area contributed by atoms with Gasteiger partial charge in [-0.15, -0.1) is 0 Å². The predicted octanol–water partition coefficient (Wildman–Crippen LogP) is 8.34. The Kier molecular flexibility index (Phi) is 8.26. The molecule has 0 saturated carbocycles. The van der Waals surface area contributed by atoms with Gasteiger partial charge in [0.2, 0.25) is 18.2 Å². The molecular formula is C32H37O3P. The lowest BCUT2D eigenvalue weighted by Gasteiger charge is -2.25. The SMILES string of the molecule is [CH]C(C)c1cc(C(C)C)cc(C(C)C)c1C(=O)P(=O)(C(=O)c1c(C)cc(C)cc1C)c1ccccc1. The summed E-state index contributed by atoms with van der Waals surface area (Å²) in [5.74, 6) is -0.269. The third kappa shape index (κ3) is 5.04. The topological polar surface area (TPSA) is 51.2 Å². The first kappa shape index (κ1) is 27.8. The molecule has 3 rings (SSSR count). The molecule has 2 unspecified atom stereocenters. The summed E-state index contributed by atoms with van der Waals surface area (Å²) in [7, 11) is -4.27. The molecule has 3 nitrogen and oxygen atoms in total. The minimum Gasteiger partial charge on any atom is -0.302 e. The molecule has 0 fully saturated rings. The summed E-state index contributed by atoms with van der Waals surface area (Å²) >= 11 is 0. The van der Waals surface area contributed by atoms with Crippen LogP contribution in [-0.2, 0) is 4.57 Å². The summed E-state index contributed by atoms with van der Waals surface area (Å²) in [6, 6.07) is 16.2. The number of hydrogen-bond donors (Lipinski definition) is 0. The highest BCUT2D eigenvalue weighted by Gasteiger charge is 2.45. The lowest BCUT2D eigenvalue weighted by molar-refractivity contribution is 0.103. The van der Waals surface area contributed by atoms with Gasteiger partial charge in [0.1, 0.15) is 0 Å². The van der Waals surface area contributed by atoms with Crippen LogP contribution in [0.5, 0.6) is 0 Å². The number of rotatable bonds is 8. The van der Waals surface area contributed by atoms with Gasteiger partial charge in [0.25, 0.3) is 0 Å². The minimum atomic E-state index is -4.27. The zero-order valence-corrected chi connectivity index (χ0v) is 23.6. The fourth-order valence-corrected chi connectivity index (χ4v) is 7.39. The lowest BCUT2D eigenvalue weighted by Crippen LogP contribution is -2.24. The highest BCUT2D eigenvalue weighted by molar-refractivity contribution is 8.01. The van der Waals surface area contributed by atoms with Crippen molar-refractivity contribution in [1.82, 2.24) is 0 Å². The van der Waals surface area contributed by atoms with Crippen molar-refractivity contribution in [3.8, 4) is 0 Å². The molecule has 188 valence electrons. The second kappa shape index (κ2) is 10.7. The van der Waals surface area contributed by atoms with Crippen LogP contribution in [0.1, 0.15) is 106 Å². The third-order valence-corrected chi connectivity index (χ3v) is 9.41.